The molecule has 0 aromatic heterocycles. The second-order valence-corrected chi connectivity index (χ2v) is 4.52. The average Bonchev–Trinajstić information content (AvgIpc) is 2.68. The molecule has 0 bridgehead atoms. The lowest BCUT2D eigenvalue weighted by Gasteiger charge is -2.16. The zero-order valence-electron chi connectivity index (χ0n) is 10.2. The maximum Gasteiger partial charge on any atom is 0.251 e. The predicted molar refractivity (Wildman–Crippen MR) is 66.9 cm³/mol. The third kappa shape index (κ3) is 2.58. The van der Waals surface area contributed by atoms with Gasteiger partial charge in [0, 0.05) is 17.9 Å². The molecule has 1 heterocycles. The predicted octanol–water partition coefficient (Wildman–Crippen LogP) is 1.48. The minimum absolute atomic E-state index is 0.0842. The quantitative estimate of drug-likeness (QED) is 0.762. The van der Waals surface area contributed by atoms with Crippen molar-refractivity contribution < 1.29 is 9.53 Å². The van der Waals surface area contributed by atoms with Crippen LogP contribution in [0.1, 0.15) is 29.3 Å². The van der Waals surface area contributed by atoms with Gasteiger partial charge < -0.3 is 15.8 Å². The minimum atomic E-state index is -0.0842. The van der Waals surface area contributed by atoms with Crippen molar-refractivity contribution in [1.82, 2.24) is 5.32 Å². The van der Waals surface area contributed by atoms with E-state index in [0.717, 1.165) is 12.0 Å². The number of nitrogens with one attached hydrogen (secondary N) is 1. The largest absolute Gasteiger partial charge is 0.398 e. The molecule has 4 nitrogen and oxygen atoms in total. The number of carbonyl (C=O) groups is 1. The maximum absolute atomic E-state index is 12.0. The van der Waals surface area contributed by atoms with Crippen LogP contribution in [0.25, 0.3) is 0 Å². The Morgan fingerprint density at radius 2 is 2.29 bits per heavy atom. The van der Waals surface area contributed by atoms with Crippen LogP contribution in [0, 0.1) is 6.92 Å². The summed E-state index contributed by atoms with van der Waals surface area (Å²) in [7, 11) is 0. The van der Waals surface area contributed by atoms with Gasteiger partial charge in [0.25, 0.3) is 5.91 Å². The van der Waals surface area contributed by atoms with Crippen LogP contribution in [-0.2, 0) is 4.74 Å². The van der Waals surface area contributed by atoms with Crippen molar-refractivity contribution in [1.29, 1.82) is 0 Å². The van der Waals surface area contributed by atoms with Crippen molar-refractivity contribution in [3.05, 3.63) is 29.3 Å². The van der Waals surface area contributed by atoms with E-state index in [9.17, 15) is 4.79 Å². The van der Waals surface area contributed by atoms with Crippen molar-refractivity contribution in [2.45, 2.75) is 32.4 Å². The zero-order valence-corrected chi connectivity index (χ0v) is 10.2. The number of anilines is 1. The molecule has 1 aliphatic heterocycles. The van der Waals surface area contributed by atoms with Crippen LogP contribution in [0.4, 0.5) is 5.69 Å². The fraction of sp³-hybridized carbons (Fsp3) is 0.462. The Balaban J connectivity index is 2.06. The average molecular weight is 234 g/mol. The number of hydrogen-bond donors (Lipinski definition) is 2. The second kappa shape index (κ2) is 4.75. The minimum Gasteiger partial charge on any atom is -0.398 e. The van der Waals surface area contributed by atoms with E-state index in [-0.39, 0.29) is 18.1 Å². The highest BCUT2D eigenvalue weighted by Gasteiger charge is 2.25. The summed E-state index contributed by atoms with van der Waals surface area (Å²) in [6, 6.07) is 5.47. The van der Waals surface area contributed by atoms with Gasteiger partial charge >= 0.3 is 0 Å². The van der Waals surface area contributed by atoms with Gasteiger partial charge in [-0.1, -0.05) is 6.07 Å². The van der Waals surface area contributed by atoms with Crippen LogP contribution in [-0.4, -0.2) is 24.7 Å². The lowest BCUT2D eigenvalue weighted by molar-refractivity contribution is 0.0866. The number of ether oxygens (including phenoxy) is 1. The first-order valence-electron chi connectivity index (χ1n) is 5.86. The van der Waals surface area contributed by atoms with Crippen LogP contribution in [0.15, 0.2) is 18.2 Å². The van der Waals surface area contributed by atoms with Crippen molar-refractivity contribution in [3.8, 4) is 0 Å². The van der Waals surface area contributed by atoms with Crippen molar-refractivity contribution in [2.75, 3.05) is 12.3 Å². The van der Waals surface area contributed by atoms with E-state index in [0.29, 0.717) is 17.9 Å². The third-order valence-corrected chi connectivity index (χ3v) is 3.23. The fourth-order valence-electron chi connectivity index (χ4n) is 1.95. The molecule has 3 N–H and O–H groups in total. The third-order valence-electron chi connectivity index (χ3n) is 3.23. The number of benzene rings is 1. The molecule has 92 valence electrons. The van der Waals surface area contributed by atoms with E-state index >= 15 is 0 Å². The van der Waals surface area contributed by atoms with E-state index in [1.807, 2.05) is 19.9 Å². The van der Waals surface area contributed by atoms with E-state index in [2.05, 4.69) is 5.32 Å². The Labute approximate surface area is 101 Å². The van der Waals surface area contributed by atoms with Gasteiger partial charge in [0.05, 0.1) is 12.1 Å². The van der Waals surface area contributed by atoms with Gasteiger partial charge in [-0.05, 0) is 38.0 Å². The first kappa shape index (κ1) is 11.9. The number of amides is 1. The SMILES string of the molecule is Cc1ccc(C(=O)NC2CCOC2C)cc1N. The lowest BCUT2D eigenvalue weighted by atomic mass is 10.1. The highest BCUT2D eigenvalue weighted by atomic mass is 16.5. The molecule has 1 aromatic carbocycles. The number of nitrogens with two attached hydrogens (primary N) is 1. The summed E-state index contributed by atoms with van der Waals surface area (Å²) in [5.41, 5.74) is 8.03. The molecule has 0 aliphatic carbocycles. The summed E-state index contributed by atoms with van der Waals surface area (Å²) in [5.74, 6) is -0.0842. The van der Waals surface area contributed by atoms with Gasteiger partial charge in [-0.2, -0.15) is 0 Å². The highest BCUT2D eigenvalue weighted by Crippen LogP contribution is 2.16. The van der Waals surface area contributed by atoms with Gasteiger partial charge in [-0.15, -0.1) is 0 Å². The summed E-state index contributed by atoms with van der Waals surface area (Å²) >= 11 is 0. The molecule has 2 rings (SSSR count). The smallest absolute Gasteiger partial charge is 0.251 e. The molecule has 0 spiro atoms. The molecule has 2 atom stereocenters. The fourth-order valence-corrected chi connectivity index (χ4v) is 1.95. The highest BCUT2D eigenvalue weighted by molar-refractivity contribution is 5.95. The Morgan fingerprint density at radius 1 is 1.53 bits per heavy atom. The van der Waals surface area contributed by atoms with Crippen molar-refractivity contribution >= 4 is 11.6 Å². The maximum atomic E-state index is 12.0. The van der Waals surface area contributed by atoms with Crippen molar-refractivity contribution in [2.24, 2.45) is 0 Å². The Morgan fingerprint density at radius 3 is 2.88 bits per heavy atom. The van der Waals surface area contributed by atoms with Gasteiger partial charge in [-0.3, -0.25) is 4.79 Å². The van der Waals surface area contributed by atoms with Crippen molar-refractivity contribution in [3.63, 3.8) is 0 Å². The Bertz CT molecular complexity index is 431. The Kier molecular flexibility index (Phi) is 3.33. The molecule has 4 heteroatoms. The molecule has 0 saturated carbocycles. The summed E-state index contributed by atoms with van der Waals surface area (Å²) in [5, 5.41) is 2.97. The van der Waals surface area contributed by atoms with Gasteiger partial charge in [0.2, 0.25) is 0 Å². The number of rotatable bonds is 2. The van der Waals surface area contributed by atoms with Crippen LogP contribution in [0.5, 0.6) is 0 Å². The molecule has 1 fully saturated rings. The topological polar surface area (TPSA) is 64.3 Å². The number of nitrogen functional groups attached to an aromatic ring is 1. The standard InChI is InChI=1S/C13H18N2O2/c1-8-3-4-10(7-11(8)14)13(16)15-12-5-6-17-9(12)2/h3-4,7,9,12H,5-6,14H2,1-2H3,(H,15,16). The van der Waals surface area contributed by atoms with Gasteiger partial charge in [0.15, 0.2) is 0 Å². The monoisotopic (exact) mass is 234 g/mol. The first-order chi connectivity index (χ1) is 8.08. The summed E-state index contributed by atoms with van der Waals surface area (Å²) < 4.78 is 5.41. The van der Waals surface area contributed by atoms with E-state index in [1.54, 1.807) is 12.1 Å². The zero-order chi connectivity index (χ0) is 12.4. The summed E-state index contributed by atoms with van der Waals surface area (Å²) in [6.07, 6.45) is 0.954. The van der Waals surface area contributed by atoms with E-state index in [4.69, 9.17) is 10.5 Å². The molecule has 1 aliphatic rings. The molecule has 1 amide bonds. The van der Waals surface area contributed by atoms with Crippen LogP contribution in [0.3, 0.4) is 0 Å². The molecular formula is C13H18N2O2. The first-order valence-corrected chi connectivity index (χ1v) is 5.86. The Hall–Kier alpha value is -1.55. The molecule has 1 saturated heterocycles. The van der Waals surface area contributed by atoms with Crippen LogP contribution in [0.2, 0.25) is 0 Å². The summed E-state index contributed by atoms with van der Waals surface area (Å²) in [6.45, 7) is 4.60. The number of aryl methyl sites for hydroxylation is 1. The molecule has 17 heavy (non-hydrogen) atoms. The molecule has 2 unspecified atom stereocenters. The second-order valence-electron chi connectivity index (χ2n) is 4.52. The van der Waals surface area contributed by atoms with Crippen LogP contribution < -0.4 is 11.1 Å². The lowest BCUT2D eigenvalue weighted by Crippen LogP contribution is -2.39. The molecular weight excluding hydrogens is 216 g/mol. The van der Waals surface area contributed by atoms with Gasteiger partial charge in [-0.25, -0.2) is 0 Å². The van der Waals surface area contributed by atoms with Gasteiger partial charge in [0.1, 0.15) is 0 Å². The summed E-state index contributed by atoms with van der Waals surface area (Å²) in [4.78, 5) is 12.0. The molecule has 1 aromatic rings. The van der Waals surface area contributed by atoms with Crippen LogP contribution >= 0.6 is 0 Å². The number of hydrogen-bond acceptors (Lipinski definition) is 3. The van der Waals surface area contributed by atoms with E-state index < -0.39 is 0 Å². The normalized spacial score (nSPS) is 23.6. The number of carbonyl (C=O) groups excluding carboxylic acids is 1. The van der Waals surface area contributed by atoms with E-state index in [1.165, 1.54) is 0 Å². The molecule has 0 radical (unpaired) electrons.